The van der Waals surface area contributed by atoms with Crippen molar-refractivity contribution in [3.05, 3.63) is 29.8 Å². The van der Waals surface area contributed by atoms with Crippen LogP contribution in [0.3, 0.4) is 0 Å². The molecule has 0 fully saturated rings. The zero-order chi connectivity index (χ0) is 8.97. The van der Waals surface area contributed by atoms with Gasteiger partial charge in [-0.3, -0.25) is 0 Å². The average Bonchev–Trinajstić information content (AvgIpc) is 2.04. The van der Waals surface area contributed by atoms with Gasteiger partial charge in [-0.05, 0) is 11.6 Å². The minimum absolute atomic E-state index is 0.0487. The normalized spacial score (nSPS) is 9.42. The van der Waals surface area contributed by atoms with Gasteiger partial charge < -0.3 is 11.5 Å². The Hall–Kier alpha value is -1.22. The third kappa shape index (κ3) is 2.13. The highest BCUT2D eigenvalue weighted by atomic mass is 35.5. The average molecular weight is 184 g/mol. The van der Waals surface area contributed by atoms with Crippen molar-refractivity contribution >= 4 is 23.2 Å². The van der Waals surface area contributed by atoms with Crippen molar-refractivity contribution in [1.29, 1.82) is 0 Å². The molecule has 64 valence electrons. The smallest absolute Gasteiger partial charge is 0.191 e. The largest absolute Gasteiger partial charge is 0.370 e. The highest BCUT2D eigenvalue weighted by molar-refractivity contribution is 6.17. The molecule has 0 radical (unpaired) electrons. The maximum absolute atomic E-state index is 5.66. The predicted molar refractivity (Wildman–Crippen MR) is 51.5 cm³/mol. The molecule has 1 aromatic rings. The molecule has 0 aliphatic carbocycles. The van der Waals surface area contributed by atoms with Crippen LogP contribution in [0.4, 0.5) is 5.69 Å². The number of rotatable bonds is 2. The molecule has 3 nitrogen and oxygen atoms in total. The lowest BCUT2D eigenvalue weighted by Crippen LogP contribution is -2.22. The van der Waals surface area contributed by atoms with E-state index in [0.29, 0.717) is 5.88 Å². The van der Waals surface area contributed by atoms with Gasteiger partial charge in [0.2, 0.25) is 0 Å². The van der Waals surface area contributed by atoms with E-state index in [4.69, 9.17) is 23.1 Å². The highest BCUT2D eigenvalue weighted by Gasteiger charge is 1.97. The maximum atomic E-state index is 5.66. The van der Waals surface area contributed by atoms with Crippen LogP contribution in [0.5, 0.6) is 0 Å². The quantitative estimate of drug-likeness (QED) is 0.413. The van der Waals surface area contributed by atoms with Gasteiger partial charge in [-0.2, -0.15) is 0 Å². The Morgan fingerprint density at radius 2 is 2.00 bits per heavy atom. The molecular formula is C8H10ClN3. The van der Waals surface area contributed by atoms with Crippen molar-refractivity contribution in [3.63, 3.8) is 0 Å². The summed E-state index contributed by atoms with van der Waals surface area (Å²) >= 11 is 5.66. The molecule has 1 aromatic carbocycles. The van der Waals surface area contributed by atoms with Gasteiger partial charge in [-0.15, -0.1) is 11.6 Å². The Morgan fingerprint density at radius 1 is 1.33 bits per heavy atom. The number of aliphatic imine (C=N–C) groups is 1. The van der Waals surface area contributed by atoms with Gasteiger partial charge in [-0.1, -0.05) is 18.2 Å². The van der Waals surface area contributed by atoms with Crippen molar-refractivity contribution < 1.29 is 0 Å². The molecule has 0 saturated carbocycles. The summed E-state index contributed by atoms with van der Waals surface area (Å²) in [5.74, 6) is 0.458. The van der Waals surface area contributed by atoms with Gasteiger partial charge in [0.15, 0.2) is 5.96 Å². The van der Waals surface area contributed by atoms with Crippen LogP contribution in [0.1, 0.15) is 5.56 Å². The van der Waals surface area contributed by atoms with E-state index in [1.165, 1.54) is 0 Å². The first kappa shape index (κ1) is 8.87. The molecule has 0 saturated heterocycles. The summed E-state index contributed by atoms with van der Waals surface area (Å²) in [5.41, 5.74) is 12.1. The maximum Gasteiger partial charge on any atom is 0.191 e. The van der Waals surface area contributed by atoms with Crippen molar-refractivity contribution in [2.24, 2.45) is 16.5 Å². The standard InChI is InChI=1S/C8H10ClN3/c9-5-6-3-1-2-4-7(6)12-8(10)11/h1-4H,5H2,(H4,10,11,12). The van der Waals surface area contributed by atoms with E-state index in [2.05, 4.69) is 4.99 Å². The van der Waals surface area contributed by atoms with Crippen molar-refractivity contribution in [2.45, 2.75) is 5.88 Å². The number of hydrogen-bond acceptors (Lipinski definition) is 1. The van der Waals surface area contributed by atoms with Crippen molar-refractivity contribution in [2.75, 3.05) is 0 Å². The molecule has 0 aromatic heterocycles. The Bertz CT molecular complexity index is 292. The number of para-hydroxylation sites is 1. The summed E-state index contributed by atoms with van der Waals surface area (Å²) in [6, 6.07) is 7.45. The number of alkyl halides is 1. The second-order valence-electron chi connectivity index (χ2n) is 2.30. The lowest BCUT2D eigenvalue weighted by Gasteiger charge is -2.00. The molecule has 0 bridgehead atoms. The molecular weight excluding hydrogens is 174 g/mol. The molecule has 0 amide bonds. The molecule has 0 spiro atoms. The van der Waals surface area contributed by atoms with E-state index in [9.17, 15) is 0 Å². The van der Waals surface area contributed by atoms with Crippen LogP contribution in [0, 0.1) is 0 Å². The summed E-state index contributed by atoms with van der Waals surface area (Å²) in [5, 5.41) is 0. The monoisotopic (exact) mass is 183 g/mol. The van der Waals surface area contributed by atoms with E-state index in [1.54, 1.807) is 0 Å². The number of guanidine groups is 1. The second-order valence-corrected chi connectivity index (χ2v) is 2.57. The molecule has 0 unspecified atom stereocenters. The van der Waals surface area contributed by atoms with Crippen molar-refractivity contribution in [1.82, 2.24) is 0 Å². The van der Waals surface area contributed by atoms with E-state index in [-0.39, 0.29) is 5.96 Å². The lowest BCUT2D eigenvalue weighted by atomic mass is 10.2. The van der Waals surface area contributed by atoms with Gasteiger partial charge >= 0.3 is 0 Å². The lowest BCUT2D eigenvalue weighted by molar-refractivity contribution is 1.33. The van der Waals surface area contributed by atoms with Crippen LogP contribution in [0.25, 0.3) is 0 Å². The Balaban J connectivity index is 3.05. The molecule has 12 heavy (non-hydrogen) atoms. The third-order valence-electron chi connectivity index (χ3n) is 1.39. The predicted octanol–water partition coefficient (Wildman–Crippen LogP) is 1.33. The van der Waals surface area contributed by atoms with Crippen LogP contribution in [0.2, 0.25) is 0 Å². The number of hydrogen-bond donors (Lipinski definition) is 2. The molecule has 4 heteroatoms. The van der Waals surface area contributed by atoms with E-state index >= 15 is 0 Å². The molecule has 0 aliphatic heterocycles. The fraction of sp³-hybridized carbons (Fsp3) is 0.125. The van der Waals surface area contributed by atoms with Crippen LogP contribution in [-0.4, -0.2) is 5.96 Å². The Morgan fingerprint density at radius 3 is 2.58 bits per heavy atom. The number of halogens is 1. The fourth-order valence-electron chi connectivity index (χ4n) is 0.872. The van der Waals surface area contributed by atoms with E-state index in [1.807, 2.05) is 24.3 Å². The van der Waals surface area contributed by atoms with Gasteiger partial charge in [0, 0.05) is 5.88 Å². The second kappa shape index (κ2) is 3.97. The van der Waals surface area contributed by atoms with Gasteiger partial charge in [-0.25, -0.2) is 4.99 Å². The fourth-order valence-corrected chi connectivity index (χ4v) is 1.10. The van der Waals surface area contributed by atoms with Gasteiger partial charge in [0.1, 0.15) is 0 Å². The third-order valence-corrected chi connectivity index (χ3v) is 1.67. The summed E-state index contributed by atoms with van der Waals surface area (Å²) in [7, 11) is 0. The first-order chi connectivity index (χ1) is 5.74. The molecule has 0 heterocycles. The summed E-state index contributed by atoms with van der Waals surface area (Å²) in [6.07, 6.45) is 0. The van der Waals surface area contributed by atoms with Gasteiger partial charge in [0.05, 0.1) is 5.69 Å². The van der Waals surface area contributed by atoms with Crippen LogP contribution < -0.4 is 11.5 Å². The molecule has 4 N–H and O–H groups in total. The van der Waals surface area contributed by atoms with E-state index in [0.717, 1.165) is 11.3 Å². The molecule has 1 rings (SSSR count). The Labute approximate surface area is 76.0 Å². The first-order valence-electron chi connectivity index (χ1n) is 3.47. The highest BCUT2D eigenvalue weighted by Crippen LogP contribution is 2.19. The number of nitrogens with zero attached hydrogens (tertiary/aromatic N) is 1. The zero-order valence-electron chi connectivity index (χ0n) is 6.50. The van der Waals surface area contributed by atoms with Crippen LogP contribution in [-0.2, 0) is 5.88 Å². The molecule has 0 aliphatic rings. The Kier molecular flexibility index (Phi) is 2.94. The summed E-state index contributed by atoms with van der Waals surface area (Å²) in [6.45, 7) is 0. The number of nitrogens with two attached hydrogens (primary N) is 2. The summed E-state index contributed by atoms with van der Waals surface area (Å²) < 4.78 is 0. The van der Waals surface area contributed by atoms with Crippen LogP contribution >= 0.6 is 11.6 Å². The van der Waals surface area contributed by atoms with E-state index < -0.39 is 0 Å². The molecule has 0 atom stereocenters. The van der Waals surface area contributed by atoms with Crippen molar-refractivity contribution in [3.8, 4) is 0 Å². The first-order valence-corrected chi connectivity index (χ1v) is 4.01. The number of benzene rings is 1. The van der Waals surface area contributed by atoms with Crippen LogP contribution in [0.15, 0.2) is 29.3 Å². The van der Waals surface area contributed by atoms with Gasteiger partial charge in [0.25, 0.3) is 0 Å². The topological polar surface area (TPSA) is 64.4 Å². The SMILES string of the molecule is NC(N)=Nc1ccccc1CCl. The zero-order valence-corrected chi connectivity index (χ0v) is 7.25. The minimum atomic E-state index is 0.0487. The minimum Gasteiger partial charge on any atom is -0.370 e. The summed E-state index contributed by atoms with van der Waals surface area (Å²) in [4.78, 5) is 3.92.